The summed E-state index contributed by atoms with van der Waals surface area (Å²) in [4.78, 5) is 4.34. The van der Waals surface area contributed by atoms with Crippen molar-refractivity contribution in [3.8, 4) is 0 Å². The molecule has 0 aliphatic carbocycles. The second-order valence-corrected chi connectivity index (χ2v) is 9.28. The summed E-state index contributed by atoms with van der Waals surface area (Å²) in [5.41, 5.74) is 5.49. The summed E-state index contributed by atoms with van der Waals surface area (Å²) in [5, 5.41) is 5.42. The number of hydrogen-bond donors (Lipinski definition) is 1. The summed E-state index contributed by atoms with van der Waals surface area (Å²) in [5.74, 6) is -0.104. The lowest BCUT2D eigenvalue weighted by Crippen LogP contribution is -2.25. The lowest BCUT2D eigenvalue weighted by Gasteiger charge is -2.10. The average molecular weight is 421 g/mol. The quantitative estimate of drug-likeness (QED) is 0.494. The Morgan fingerprint density at radius 3 is 2.53 bits per heavy atom. The minimum atomic E-state index is -3.51. The summed E-state index contributed by atoms with van der Waals surface area (Å²) in [6.45, 7) is 4.90. The van der Waals surface area contributed by atoms with E-state index in [0.29, 0.717) is 12.1 Å². The van der Waals surface area contributed by atoms with Gasteiger partial charge in [0, 0.05) is 23.8 Å². The molecule has 0 saturated carbocycles. The zero-order valence-electron chi connectivity index (χ0n) is 17.0. The van der Waals surface area contributed by atoms with Crippen molar-refractivity contribution >= 4 is 20.9 Å². The Balaban J connectivity index is 1.45. The highest BCUT2D eigenvalue weighted by Gasteiger charge is 2.14. The Bertz CT molecular complexity index is 1290. The van der Waals surface area contributed by atoms with Gasteiger partial charge in [-0.2, -0.15) is 5.10 Å². The van der Waals surface area contributed by atoms with Gasteiger partial charge in [-0.15, -0.1) is 0 Å². The highest BCUT2D eigenvalue weighted by atomic mass is 32.2. The number of nitrogens with one attached hydrogen (secondary N) is 1. The Hall–Kier alpha value is -3.03. The number of sulfonamides is 1. The molecule has 6 nitrogen and oxygen atoms in total. The molecule has 4 rings (SSSR count). The molecule has 2 aromatic heterocycles. The van der Waals surface area contributed by atoms with E-state index in [2.05, 4.69) is 14.8 Å². The third-order valence-electron chi connectivity index (χ3n) is 4.99. The number of aryl methyl sites for hydroxylation is 2. The molecule has 7 heteroatoms. The van der Waals surface area contributed by atoms with Crippen LogP contribution in [0.3, 0.4) is 0 Å². The molecule has 1 N–H and O–H groups in total. The lowest BCUT2D eigenvalue weighted by atomic mass is 10.1. The molecule has 2 aromatic carbocycles. The molecule has 0 saturated heterocycles. The first-order chi connectivity index (χ1) is 14.4. The molecule has 0 amide bonds. The number of para-hydroxylation sites is 1. The molecule has 0 spiro atoms. The second kappa shape index (κ2) is 8.38. The number of fused-ring (bicyclic) bond motifs is 1. The van der Waals surface area contributed by atoms with E-state index < -0.39 is 10.0 Å². The van der Waals surface area contributed by atoms with E-state index in [0.717, 1.165) is 33.4 Å². The predicted molar refractivity (Wildman–Crippen MR) is 118 cm³/mol. The van der Waals surface area contributed by atoms with E-state index in [9.17, 15) is 8.42 Å². The lowest BCUT2D eigenvalue weighted by molar-refractivity contribution is 0.580. The minimum Gasteiger partial charge on any atom is -0.265 e. The number of pyridine rings is 1. The monoisotopic (exact) mass is 420 g/mol. The van der Waals surface area contributed by atoms with Crippen molar-refractivity contribution in [3.63, 3.8) is 0 Å². The third kappa shape index (κ3) is 4.75. The molecule has 0 aliphatic rings. The largest absolute Gasteiger partial charge is 0.265 e. The maximum atomic E-state index is 12.7. The van der Waals surface area contributed by atoms with Gasteiger partial charge in [-0.05, 0) is 42.7 Å². The molecule has 154 valence electrons. The third-order valence-corrected chi connectivity index (χ3v) is 6.26. The van der Waals surface area contributed by atoms with Crippen molar-refractivity contribution in [2.24, 2.45) is 0 Å². The van der Waals surface area contributed by atoms with Gasteiger partial charge in [-0.1, -0.05) is 48.5 Å². The van der Waals surface area contributed by atoms with Gasteiger partial charge in [0.2, 0.25) is 10.0 Å². The molecule has 0 aliphatic heterocycles. The fourth-order valence-corrected chi connectivity index (χ4v) is 4.71. The van der Waals surface area contributed by atoms with Gasteiger partial charge in [0.25, 0.3) is 0 Å². The molecule has 0 fully saturated rings. The highest BCUT2D eigenvalue weighted by Crippen LogP contribution is 2.18. The van der Waals surface area contributed by atoms with Crippen LogP contribution in [0.25, 0.3) is 10.9 Å². The normalized spacial score (nSPS) is 11.8. The standard InChI is InChI=1S/C23H24N4O2S/c1-17-12-18(2)27(26-17)15-20-7-3-6-19(13-20)14-25-30(28,29)16-22-9-4-8-21-10-5-11-24-23(21)22/h3-13,25H,14-16H2,1-2H3. The average Bonchev–Trinajstić information content (AvgIpc) is 3.04. The van der Waals surface area contributed by atoms with E-state index in [4.69, 9.17) is 0 Å². The Morgan fingerprint density at radius 1 is 0.967 bits per heavy atom. The maximum absolute atomic E-state index is 12.7. The Kier molecular flexibility index (Phi) is 5.65. The first kappa shape index (κ1) is 20.3. The van der Waals surface area contributed by atoms with Gasteiger partial charge in [-0.3, -0.25) is 9.67 Å². The molecule has 0 radical (unpaired) electrons. The fraction of sp³-hybridized carbons (Fsp3) is 0.217. The smallest absolute Gasteiger partial charge is 0.216 e. The Morgan fingerprint density at radius 2 is 1.73 bits per heavy atom. The van der Waals surface area contributed by atoms with Gasteiger partial charge in [-0.25, -0.2) is 13.1 Å². The van der Waals surface area contributed by atoms with E-state index >= 15 is 0 Å². The van der Waals surface area contributed by atoms with E-state index in [1.54, 1.807) is 6.20 Å². The molecule has 0 bridgehead atoms. The molecule has 0 atom stereocenters. The number of hydrogen-bond acceptors (Lipinski definition) is 4. The van der Waals surface area contributed by atoms with Crippen LogP contribution in [-0.4, -0.2) is 23.2 Å². The predicted octanol–water partition coefficient (Wildman–Crippen LogP) is 3.72. The molecule has 0 unspecified atom stereocenters. The van der Waals surface area contributed by atoms with Crippen LogP contribution in [0.2, 0.25) is 0 Å². The molecule has 2 heterocycles. The molecular formula is C23H24N4O2S. The zero-order chi connectivity index (χ0) is 21.1. The van der Waals surface area contributed by atoms with Crippen molar-refractivity contribution in [1.82, 2.24) is 19.5 Å². The Labute approximate surface area is 176 Å². The number of nitrogens with zero attached hydrogens (tertiary/aromatic N) is 3. The van der Waals surface area contributed by atoms with E-state index in [1.165, 1.54) is 0 Å². The SMILES string of the molecule is Cc1cc(C)n(Cc2cccc(CNS(=O)(=O)Cc3cccc4cccnc34)c2)n1. The minimum absolute atomic E-state index is 0.104. The van der Waals surface area contributed by atoms with Crippen LogP contribution in [0.4, 0.5) is 0 Å². The molecule has 30 heavy (non-hydrogen) atoms. The summed E-state index contributed by atoms with van der Waals surface area (Å²) in [7, 11) is -3.51. The van der Waals surface area contributed by atoms with Crippen LogP contribution in [0, 0.1) is 13.8 Å². The molecular weight excluding hydrogens is 396 g/mol. The summed E-state index contributed by atoms with van der Waals surface area (Å²) in [6.07, 6.45) is 1.68. The van der Waals surface area contributed by atoms with Gasteiger partial charge in [0.05, 0.1) is 23.5 Å². The van der Waals surface area contributed by atoms with Crippen LogP contribution < -0.4 is 4.72 Å². The van der Waals surface area contributed by atoms with Crippen LogP contribution >= 0.6 is 0 Å². The summed E-state index contributed by atoms with van der Waals surface area (Å²) in [6, 6.07) is 19.3. The van der Waals surface area contributed by atoms with Gasteiger partial charge >= 0.3 is 0 Å². The first-order valence-electron chi connectivity index (χ1n) is 9.78. The second-order valence-electron chi connectivity index (χ2n) is 7.48. The van der Waals surface area contributed by atoms with E-state index in [1.807, 2.05) is 79.2 Å². The number of aromatic nitrogens is 3. The summed E-state index contributed by atoms with van der Waals surface area (Å²) >= 11 is 0. The first-order valence-corrected chi connectivity index (χ1v) is 11.4. The van der Waals surface area contributed by atoms with Crippen molar-refractivity contribution < 1.29 is 8.42 Å². The number of benzene rings is 2. The number of rotatable bonds is 7. The van der Waals surface area contributed by atoms with Gasteiger partial charge < -0.3 is 0 Å². The molecule has 4 aromatic rings. The highest BCUT2D eigenvalue weighted by molar-refractivity contribution is 7.88. The van der Waals surface area contributed by atoms with Gasteiger partial charge in [0.1, 0.15) is 0 Å². The van der Waals surface area contributed by atoms with Crippen LogP contribution in [0.1, 0.15) is 28.1 Å². The van der Waals surface area contributed by atoms with Gasteiger partial charge in [0.15, 0.2) is 0 Å². The van der Waals surface area contributed by atoms with Crippen LogP contribution in [0.5, 0.6) is 0 Å². The van der Waals surface area contributed by atoms with E-state index in [-0.39, 0.29) is 12.3 Å². The van der Waals surface area contributed by atoms with Crippen molar-refractivity contribution in [1.29, 1.82) is 0 Å². The van der Waals surface area contributed by atoms with Crippen LogP contribution in [-0.2, 0) is 28.9 Å². The fourth-order valence-electron chi connectivity index (χ4n) is 3.58. The van der Waals surface area contributed by atoms with Crippen molar-refractivity contribution in [2.45, 2.75) is 32.7 Å². The zero-order valence-corrected chi connectivity index (χ0v) is 17.9. The topological polar surface area (TPSA) is 76.9 Å². The summed E-state index contributed by atoms with van der Waals surface area (Å²) < 4.78 is 30.0. The van der Waals surface area contributed by atoms with Crippen molar-refractivity contribution in [2.75, 3.05) is 0 Å². The van der Waals surface area contributed by atoms with Crippen molar-refractivity contribution in [3.05, 3.63) is 94.9 Å². The maximum Gasteiger partial charge on any atom is 0.216 e. The van der Waals surface area contributed by atoms with Crippen LogP contribution in [0.15, 0.2) is 66.9 Å².